The SMILES string of the molecule is O=C(COC(=O)c1cc2ccccc2o1)Nc1c(Cl)c(Cl)cc(Cl)c1Cl. The van der Waals surface area contributed by atoms with Gasteiger partial charge in [0.2, 0.25) is 5.76 Å². The molecule has 0 saturated carbocycles. The van der Waals surface area contributed by atoms with Crippen LogP contribution < -0.4 is 5.32 Å². The Labute approximate surface area is 167 Å². The number of anilines is 1. The molecule has 0 aliphatic carbocycles. The minimum absolute atomic E-state index is 0.0131. The van der Waals surface area contributed by atoms with Crippen LogP contribution in [-0.2, 0) is 9.53 Å². The highest BCUT2D eigenvalue weighted by molar-refractivity contribution is 6.50. The van der Waals surface area contributed by atoms with Gasteiger partial charge in [0.1, 0.15) is 5.58 Å². The van der Waals surface area contributed by atoms with Crippen LogP contribution in [0.3, 0.4) is 0 Å². The molecule has 1 aromatic heterocycles. The first-order chi connectivity index (χ1) is 12.4. The lowest BCUT2D eigenvalue weighted by Crippen LogP contribution is -2.21. The third kappa shape index (κ3) is 3.91. The largest absolute Gasteiger partial charge is 0.450 e. The van der Waals surface area contributed by atoms with Crippen LogP contribution >= 0.6 is 46.4 Å². The van der Waals surface area contributed by atoms with Crippen molar-refractivity contribution in [2.24, 2.45) is 0 Å². The number of nitrogens with one attached hydrogen (secondary N) is 1. The van der Waals surface area contributed by atoms with E-state index in [2.05, 4.69) is 5.32 Å². The minimum atomic E-state index is -0.780. The van der Waals surface area contributed by atoms with E-state index >= 15 is 0 Å². The maximum absolute atomic E-state index is 12.0. The van der Waals surface area contributed by atoms with Crippen LogP contribution in [0, 0.1) is 0 Å². The lowest BCUT2D eigenvalue weighted by Gasteiger charge is -2.11. The normalized spacial score (nSPS) is 10.8. The maximum atomic E-state index is 12.0. The van der Waals surface area contributed by atoms with Gasteiger partial charge < -0.3 is 14.5 Å². The second-order valence-corrected chi connectivity index (χ2v) is 6.69. The van der Waals surface area contributed by atoms with Crippen molar-refractivity contribution in [1.29, 1.82) is 0 Å². The summed E-state index contributed by atoms with van der Waals surface area (Å²) >= 11 is 23.8. The molecule has 1 heterocycles. The summed E-state index contributed by atoms with van der Waals surface area (Å²) in [6.45, 7) is -0.577. The summed E-state index contributed by atoms with van der Waals surface area (Å²) < 4.78 is 10.3. The van der Waals surface area contributed by atoms with Gasteiger partial charge in [0.25, 0.3) is 5.91 Å². The molecule has 0 fully saturated rings. The number of fused-ring (bicyclic) bond motifs is 1. The molecule has 0 unspecified atom stereocenters. The molecule has 1 N–H and O–H groups in total. The Morgan fingerprint density at radius 3 is 2.31 bits per heavy atom. The van der Waals surface area contributed by atoms with Crippen molar-refractivity contribution in [3.05, 3.63) is 62.2 Å². The average Bonchev–Trinajstić information content (AvgIpc) is 3.06. The zero-order chi connectivity index (χ0) is 18.8. The van der Waals surface area contributed by atoms with E-state index in [0.717, 1.165) is 5.39 Å². The number of furan rings is 1. The van der Waals surface area contributed by atoms with E-state index in [0.29, 0.717) is 5.58 Å². The predicted octanol–water partition coefficient (Wildman–Crippen LogP) is 5.84. The van der Waals surface area contributed by atoms with Gasteiger partial charge in [-0.05, 0) is 18.2 Å². The van der Waals surface area contributed by atoms with Crippen molar-refractivity contribution in [1.82, 2.24) is 0 Å². The summed E-state index contributed by atoms with van der Waals surface area (Å²) in [4.78, 5) is 24.0. The Kier molecular flexibility index (Phi) is 5.63. The molecule has 0 aliphatic heterocycles. The summed E-state index contributed by atoms with van der Waals surface area (Å²) in [6.07, 6.45) is 0. The Bertz CT molecular complexity index is 956. The first-order valence-corrected chi connectivity index (χ1v) is 8.66. The van der Waals surface area contributed by atoms with Crippen molar-refractivity contribution >= 4 is 74.9 Å². The van der Waals surface area contributed by atoms with Gasteiger partial charge in [-0.15, -0.1) is 0 Å². The third-order valence-electron chi connectivity index (χ3n) is 3.34. The van der Waals surface area contributed by atoms with E-state index in [1.807, 2.05) is 6.07 Å². The second kappa shape index (κ2) is 7.76. The lowest BCUT2D eigenvalue weighted by molar-refractivity contribution is -0.119. The molecule has 3 aromatic rings. The molecule has 0 saturated heterocycles. The fourth-order valence-corrected chi connectivity index (χ4v) is 3.05. The van der Waals surface area contributed by atoms with Gasteiger partial charge in [0, 0.05) is 5.39 Å². The monoisotopic (exact) mass is 431 g/mol. The van der Waals surface area contributed by atoms with Gasteiger partial charge in [-0.2, -0.15) is 0 Å². The van der Waals surface area contributed by atoms with E-state index in [4.69, 9.17) is 55.6 Å². The standard InChI is InChI=1S/C17H9Cl4NO4/c18-9-6-10(19)15(21)16(14(9)20)22-13(23)7-25-17(24)12-5-8-3-1-2-4-11(8)26-12/h1-6H,7H2,(H,22,23). The quantitative estimate of drug-likeness (QED) is 0.415. The maximum Gasteiger partial charge on any atom is 0.374 e. The van der Waals surface area contributed by atoms with Crippen LogP contribution in [0.15, 0.2) is 40.8 Å². The van der Waals surface area contributed by atoms with Crippen molar-refractivity contribution in [3.8, 4) is 0 Å². The summed E-state index contributed by atoms with van der Waals surface area (Å²) in [5, 5.41) is 3.45. The number of benzene rings is 2. The van der Waals surface area contributed by atoms with E-state index in [-0.39, 0.29) is 31.5 Å². The molecular formula is C17H9Cl4NO4. The molecule has 9 heteroatoms. The topological polar surface area (TPSA) is 68.5 Å². The Hall–Kier alpha value is -1.92. The van der Waals surface area contributed by atoms with Gasteiger partial charge in [0.15, 0.2) is 6.61 Å². The molecule has 134 valence electrons. The highest BCUT2D eigenvalue weighted by atomic mass is 35.5. The molecule has 0 bridgehead atoms. The fourth-order valence-electron chi connectivity index (χ4n) is 2.14. The number of amides is 1. The summed E-state index contributed by atoms with van der Waals surface area (Å²) in [7, 11) is 0. The Balaban J connectivity index is 1.67. The lowest BCUT2D eigenvalue weighted by atomic mass is 10.2. The van der Waals surface area contributed by atoms with Crippen LogP contribution in [0.1, 0.15) is 10.6 Å². The number of hydrogen-bond acceptors (Lipinski definition) is 4. The highest BCUT2D eigenvalue weighted by Crippen LogP contribution is 2.40. The molecule has 26 heavy (non-hydrogen) atoms. The summed E-state index contributed by atoms with van der Waals surface area (Å²) in [5.41, 5.74) is 0.576. The second-order valence-electron chi connectivity index (χ2n) is 5.12. The zero-order valence-corrected chi connectivity index (χ0v) is 15.8. The van der Waals surface area contributed by atoms with Crippen LogP contribution in [0.5, 0.6) is 0 Å². The number of para-hydroxylation sites is 1. The van der Waals surface area contributed by atoms with Gasteiger partial charge in [-0.25, -0.2) is 4.79 Å². The molecule has 0 aliphatic rings. The average molecular weight is 433 g/mol. The minimum Gasteiger partial charge on any atom is -0.450 e. The van der Waals surface area contributed by atoms with Crippen molar-refractivity contribution < 1.29 is 18.7 Å². The Morgan fingerprint density at radius 2 is 1.65 bits per heavy atom. The van der Waals surface area contributed by atoms with Gasteiger partial charge in [-0.3, -0.25) is 4.79 Å². The van der Waals surface area contributed by atoms with Crippen molar-refractivity contribution in [3.63, 3.8) is 0 Å². The van der Waals surface area contributed by atoms with Gasteiger partial charge in [0.05, 0.1) is 25.8 Å². The number of ether oxygens (including phenoxy) is 1. The van der Waals surface area contributed by atoms with Gasteiger partial charge >= 0.3 is 5.97 Å². The molecule has 3 rings (SSSR count). The smallest absolute Gasteiger partial charge is 0.374 e. The number of esters is 1. The van der Waals surface area contributed by atoms with Crippen LogP contribution in [0.4, 0.5) is 5.69 Å². The molecule has 5 nitrogen and oxygen atoms in total. The van der Waals surface area contributed by atoms with Crippen LogP contribution in [0.25, 0.3) is 11.0 Å². The fraction of sp³-hybridized carbons (Fsp3) is 0.0588. The number of rotatable bonds is 4. The Morgan fingerprint density at radius 1 is 1.00 bits per heavy atom. The molecule has 2 aromatic carbocycles. The summed E-state index contributed by atoms with van der Waals surface area (Å²) in [5.74, 6) is -1.46. The van der Waals surface area contributed by atoms with Crippen molar-refractivity contribution in [2.75, 3.05) is 11.9 Å². The molecule has 1 amide bonds. The molecule has 0 atom stereocenters. The third-order valence-corrected chi connectivity index (χ3v) is 4.91. The first kappa shape index (κ1) is 18.9. The number of halogens is 4. The van der Waals surface area contributed by atoms with E-state index in [1.165, 1.54) is 12.1 Å². The van der Waals surface area contributed by atoms with E-state index in [1.54, 1.807) is 18.2 Å². The van der Waals surface area contributed by atoms with E-state index < -0.39 is 18.5 Å². The molecule has 0 spiro atoms. The number of hydrogen-bond donors (Lipinski definition) is 1. The molecule has 0 radical (unpaired) electrons. The van der Waals surface area contributed by atoms with Gasteiger partial charge in [-0.1, -0.05) is 64.6 Å². The zero-order valence-electron chi connectivity index (χ0n) is 12.8. The number of carbonyl (C=O) groups is 2. The first-order valence-electron chi connectivity index (χ1n) is 7.15. The number of carbonyl (C=O) groups excluding carboxylic acids is 2. The van der Waals surface area contributed by atoms with Crippen LogP contribution in [-0.4, -0.2) is 18.5 Å². The molecular weight excluding hydrogens is 424 g/mol. The predicted molar refractivity (Wildman–Crippen MR) is 102 cm³/mol. The van der Waals surface area contributed by atoms with Crippen molar-refractivity contribution in [2.45, 2.75) is 0 Å². The van der Waals surface area contributed by atoms with Crippen LogP contribution in [0.2, 0.25) is 20.1 Å². The highest BCUT2D eigenvalue weighted by Gasteiger charge is 2.19. The van der Waals surface area contributed by atoms with E-state index in [9.17, 15) is 9.59 Å². The summed E-state index contributed by atoms with van der Waals surface area (Å²) in [6, 6.07) is 9.97.